The zero-order valence-electron chi connectivity index (χ0n) is 38.6. The lowest BCUT2D eigenvalue weighted by molar-refractivity contribution is -0.137. The lowest BCUT2D eigenvalue weighted by Gasteiger charge is -2.39. The molecule has 3 N–H and O–H groups in total. The number of imide groups is 1. The zero-order chi connectivity index (χ0) is 47.4. The van der Waals surface area contributed by atoms with Crippen molar-refractivity contribution in [3.05, 3.63) is 118 Å². The summed E-state index contributed by atoms with van der Waals surface area (Å²) < 4.78 is 14.5. The fourth-order valence-corrected chi connectivity index (χ4v) is 10.7. The van der Waals surface area contributed by atoms with Crippen molar-refractivity contribution in [1.29, 1.82) is 0 Å². The number of pyridine rings is 1. The van der Waals surface area contributed by atoms with Crippen LogP contribution in [0.5, 0.6) is 5.75 Å². The van der Waals surface area contributed by atoms with Gasteiger partial charge in [-0.25, -0.2) is 9.97 Å². The Morgan fingerprint density at radius 3 is 2.41 bits per heavy atom. The molecule has 17 heteroatoms. The van der Waals surface area contributed by atoms with Crippen LogP contribution in [-0.4, -0.2) is 134 Å². The minimum Gasteiger partial charge on any atom is -0.483 e. The van der Waals surface area contributed by atoms with E-state index < -0.39 is 17.6 Å². The van der Waals surface area contributed by atoms with Gasteiger partial charge in [-0.15, -0.1) is 0 Å². The molecule has 3 aromatic heterocycles. The number of aliphatic hydroxyl groups excluding tert-OH is 1. The molecule has 7 heterocycles. The number of aliphatic hydroxyl groups is 1. The number of hydrogen-bond acceptors (Lipinski definition) is 12. The molecule has 356 valence electrons. The smallest absolute Gasteiger partial charge is 0.274 e. The van der Waals surface area contributed by atoms with Gasteiger partial charge >= 0.3 is 0 Å². The number of H-pyrrole nitrogens is 1. The number of rotatable bonds is 13. The number of aromatic amines is 1. The van der Waals surface area contributed by atoms with E-state index in [1.165, 1.54) is 4.90 Å². The van der Waals surface area contributed by atoms with Crippen LogP contribution in [0.15, 0.2) is 90.0 Å². The Hall–Kier alpha value is -6.95. The summed E-state index contributed by atoms with van der Waals surface area (Å²) in [7, 11) is 1.75. The number of benzene rings is 3. The van der Waals surface area contributed by atoms with Gasteiger partial charge in [-0.1, -0.05) is 42.5 Å². The van der Waals surface area contributed by atoms with Crippen molar-refractivity contribution in [1.82, 2.24) is 39.5 Å². The van der Waals surface area contributed by atoms with E-state index >= 15 is 0 Å². The fourth-order valence-electron chi connectivity index (χ4n) is 10.7. The lowest BCUT2D eigenvalue weighted by atomic mass is 9.87. The van der Waals surface area contributed by atoms with Crippen LogP contribution in [0.1, 0.15) is 65.7 Å². The van der Waals surface area contributed by atoms with Crippen molar-refractivity contribution >= 4 is 51.4 Å². The number of nitrogens with one attached hydrogen (secondary N) is 2. The average Bonchev–Trinajstić information content (AvgIpc) is 3.94. The Kier molecular flexibility index (Phi) is 11.7. The molecule has 11 rings (SSSR count). The van der Waals surface area contributed by atoms with E-state index in [1.54, 1.807) is 36.0 Å². The Balaban J connectivity index is 0.756. The SMILES string of the molecule is Cn1cc(-c2ccc3nc(N4CCC(CN5CCN(C(=O)COc6cccc7c6CN(C6CCC(=O)NC6=O)C7=O)CC5)CC4)nc(C(CO)(OC4CC4)c4ccccc4)c3c2)c2cc[nH]c2c1=O. The molecule has 17 nitrogen and oxygen atoms in total. The van der Waals surface area contributed by atoms with Gasteiger partial charge in [-0.2, -0.15) is 0 Å². The molecule has 1 aliphatic carbocycles. The average molecular weight is 934 g/mol. The number of nitrogens with zero attached hydrogens (tertiary/aromatic N) is 7. The highest BCUT2D eigenvalue weighted by Crippen LogP contribution is 2.43. The van der Waals surface area contributed by atoms with E-state index in [-0.39, 0.29) is 62.0 Å². The first-order valence-electron chi connectivity index (χ1n) is 24.0. The van der Waals surface area contributed by atoms with E-state index in [1.807, 2.05) is 59.6 Å². The Morgan fingerprint density at radius 2 is 1.65 bits per heavy atom. The van der Waals surface area contributed by atoms with E-state index in [4.69, 9.17) is 19.4 Å². The number of fused-ring (bicyclic) bond motifs is 3. The van der Waals surface area contributed by atoms with Crippen LogP contribution in [-0.2, 0) is 38.3 Å². The second kappa shape index (κ2) is 18.2. The number of piperazine rings is 1. The lowest BCUT2D eigenvalue weighted by Crippen LogP contribution is -2.52. The van der Waals surface area contributed by atoms with E-state index in [0.717, 1.165) is 91.4 Å². The molecule has 2 unspecified atom stereocenters. The summed E-state index contributed by atoms with van der Waals surface area (Å²) in [6, 6.07) is 22.3. The third kappa shape index (κ3) is 8.42. The standard InChI is InChI=1S/C52H55N9O8/c1-57-28-39(36-16-19-53-46(36)50(57)67)33-10-13-41-38(26-33)47(52(31-62,69-35-11-12-35)34-6-3-2-4-7-34)56-51(54-41)60-20-17-32(18-21-60)27-58-22-24-59(25-23-58)45(64)30-68-43-9-5-8-37-40(43)29-61(49(37)66)42-14-15-44(63)55-48(42)65/h2-10,13,16,19,26,28,32,35,42,53,62H,11-12,14-15,17-18,20-25,27,29-31H2,1H3,(H,55,63,65). The third-order valence-corrected chi connectivity index (χ3v) is 14.7. The van der Waals surface area contributed by atoms with Gasteiger partial charge in [0.25, 0.3) is 17.4 Å². The largest absolute Gasteiger partial charge is 0.483 e. The van der Waals surface area contributed by atoms with Gasteiger partial charge in [0.05, 0.1) is 30.5 Å². The summed E-state index contributed by atoms with van der Waals surface area (Å²) in [5, 5.41) is 15.4. The Labute approximate surface area is 398 Å². The topological polar surface area (TPSA) is 196 Å². The maximum atomic E-state index is 13.4. The quantitative estimate of drug-likeness (QED) is 0.141. The molecule has 1 saturated carbocycles. The maximum absolute atomic E-state index is 13.4. The predicted molar refractivity (Wildman–Crippen MR) is 256 cm³/mol. The van der Waals surface area contributed by atoms with Crippen LogP contribution in [0.4, 0.5) is 5.95 Å². The molecule has 4 fully saturated rings. The van der Waals surface area contributed by atoms with Crippen molar-refractivity contribution in [2.75, 3.05) is 63.9 Å². The number of piperidine rings is 2. The Bertz CT molecular complexity index is 3040. The van der Waals surface area contributed by atoms with Gasteiger partial charge in [-0.05, 0) is 79.5 Å². The van der Waals surface area contributed by atoms with Crippen molar-refractivity contribution < 1.29 is 33.8 Å². The zero-order valence-corrected chi connectivity index (χ0v) is 38.6. The molecule has 4 amide bonds. The molecule has 0 bridgehead atoms. The molecule has 6 aromatic rings. The summed E-state index contributed by atoms with van der Waals surface area (Å²) >= 11 is 0. The summed E-state index contributed by atoms with van der Waals surface area (Å²) in [5.74, 6) is 0.268. The van der Waals surface area contributed by atoms with Gasteiger partial charge in [0.15, 0.2) is 12.2 Å². The van der Waals surface area contributed by atoms with E-state index in [9.17, 15) is 29.1 Å². The molecule has 5 aliphatic rings. The second-order valence-electron chi connectivity index (χ2n) is 19.1. The number of carbonyl (C=O) groups is 4. The monoisotopic (exact) mass is 933 g/mol. The van der Waals surface area contributed by atoms with Gasteiger partial charge < -0.3 is 38.8 Å². The molecule has 0 spiro atoms. The third-order valence-electron chi connectivity index (χ3n) is 14.7. The van der Waals surface area contributed by atoms with Gasteiger partial charge in [0.2, 0.25) is 17.8 Å². The number of hydrogen-bond donors (Lipinski definition) is 3. The van der Waals surface area contributed by atoms with Crippen LogP contribution in [0.25, 0.3) is 32.9 Å². The number of anilines is 1. The first-order valence-corrected chi connectivity index (χ1v) is 24.0. The molecule has 3 aromatic carbocycles. The van der Waals surface area contributed by atoms with Gasteiger partial charge in [-0.3, -0.25) is 34.2 Å². The summed E-state index contributed by atoms with van der Waals surface area (Å²) in [6.45, 7) is 4.80. The molecule has 4 aliphatic heterocycles. The number of carbonyl (C=O) groups excluding carboxylic acids is 4. The van der Waals surface area contributed by atoms with Crippen LogP contribution in [0.2, 0.25) is 0 Å². The highest BCUT2D eigenvalue weighted by Gasteiger charge is 2.44. The summed E-state index contributed by atoms with van der Waals surface area (Å²) in [4.78, 5) is 85.6. The number of ether oxygens (including phenoxy) is 2. The van der Waals surface area contributed by atoms with Gasteiger partial charge in [0, 0.05) is 99.1 Å². The minimum atomic E-state index is -1.25. The highest BCUT2D eigenvalue weighted by molar-refractivity contribution is 6.06. The molecular formula is C52H55N9O8. The number of amides is 4. The molecule has 2 atom stereocenters. The van der Waals surface area contributed by atoms with Crippen molar-refractivity contribution in [2.45, 2.75) is 62.8 Å². The maximum Gasteiger partial charge on any atom is 0.274 e. The van der Waals surface area contributed by atoms with Crippen molar-refractivity contribution in [3.63, 3.8) is 0 Å². The van der Waals surface area contributed by atoms with Crippen LogP contribution >= 0.6 is 0 Å². The molecular weight excluding hydrogens is 879 g/mol. The number of aromatic nitrogens is 4. The number of aryl methyl sites for hydroxylation is 1. The molecule has 69 heavy (non-hydrogen) atoms. The molecule has 0 radical (unpaired) electrons. The predicted octanol–water partition coefficient (Wildman–Crippen LogP) is 4.09. The first kappa shape index (κ1) is 44.5. The van der Waals surface area contributed by atoms with Crippen molar-refractivity contribution in [2.24, 2.45) is 13.0 Å². The van der Waals surface area contributed by atoms with Crippen LogP contribution in [0.3, 0.4) is 0 Å². The molecule has 3 saturated heterocycles. The minimum absolute atomic E-state index is 0.00830. The van der Waals surface area contributed by atoms with Crippen LogP contribution < -0.4 is 20.5 Å². The van der Waals surface area contributed by atoms with Gasteiger partial charge in [0.1, 0.15) is 17.3 Å². The highest BCUT2D eigenvalue weighted by atomic mass is 16.5. The van der Waals surface area contributed by atoms with Crippen LogP contribution in [0, 0.1) is 5.92 Å². The van der Waals surface area contributed by atoms with E-state index in [2.05, 4.69) is 26.2 Å². The van der Waals surface area contributed by atoms with Crippen molar-refractivity contribution in [3.8, 4) is 16.9 Å². The first-order chi connectivity index (χ1) is 33.6. The fraction of sp³-hybridized carbons (Fsp3) is 0.404. The Morgan fingerprint density at radius 1 is 0.855 bits per heavy atom. The normalized spacial score (nSPS) is 20.1. The summed E-state index contributed by atoms with van der Waals surface area (Å²) in [6.07, 6.45) is 7.76. The summed E-state index contributed by atoms with van der Waals surface area (Å²) in [5.41, 5.74) is 4.21. The second-order valence-corrected chi connectivity index (χ2v) is 19.1. The van der Waals surface area contributed by atoms with E-state index in [0.29, 0.717) is 53.0 Å².